The average Bonchev–Trinajstić information content (AvgIpc) is 2.39. The summed E-state index contributed by atoms with van der Waals surface area (Å²) in [5, 5.41) is 2.92. The first-order valence-electron chi connectivity index (χ1n) is 5.91. The molecule has 1 aromatic heterocycles. The van der Waals surface area contributed by atoms with Crippen molar-refractivity contribution in [2.45, 2.75) is 13.0 Å². The molecule has 8 heteroatoms. The number of aliphatic imine (C=N–C) groups is 1. The second-order valence-electron chi connectivity index (χ2n) is 4.33. The highest BCUT2D eigenvalue weighted by molar-refractivity contribution is 6.28. The van der Waals surface area contributed by atoms with Gasteiger partial charge in [0.25, 0.3) is 5.91 Å². The minimum Gasteiger partial charge on any atom is -0.404 e. The van der Waals surface area contributed by atoms with E-state index >= 15 is 0 Å². The van der Waals surface area contributed by atoms with E-state index in [-0.39, 0.29) is 11.2 Å². The molecule has 2 heterocycles. The van der Waals surface area contributed by atoms with E-state index in [1.54, 1.807) is 32.1 Å². The normalized spacial score (nSPS) is 19.2. The quantitative estimate of drug-likeness (QED) is 0.619. The number of aromatic nitrogens is 2. The lowest BCUT2D eigenvalue weighted by Gasteiger charge is -2.34. The Bertz CT molecular complexity index is 612. The average molecular weight is 295 g/mol. The molecule has 0 fully saturated rings. The molecule has 1 atom stereocenters. The van der Waals surface area contributed by atoms with Gasteiger partial charge in [-0.3, -0.25) is 9.79 Å². The standard InChI is InChI=1S/C12H15ClN6O/c1-6-8-10(18-12(13)16-6)19(3)9(11(20)17-8)7(4-14)5-15-2/h4-5,9H,14H2,1-3H3,(H,17,20)/b7-4+,15-5?. The maximum Gasteiger partial charge on any atom is 0.252 e. The molecule has 106 valence electrons. The Hall–Kier alpha value is -2.15. The van der Waals surface area contributed by atoms with Crippen LogP contribution in [0, 0.1) is 6.92 Å². The highest BCUT2D eigenvalue weighted by Crippen LogP contribution is 2.33. The molecular formula is C12H15ClN6O. The smallest absolute Gasteiger partial charge is 0.252 e. The van der Waals surface area contributed by atoms with Gasteiger partial charge in [-0.2, -0.15) is 4.98 Å². The van der Waals surface area contributed by atoms with Crippen LogP contribution in [0.15, 0.2) is 16.8 Å². The first kappa shape index (κ1) is 14.3. The molecule has 1 aliphatic heterocycles. The number of likely N-dealkylation sites (N-methyl/N-ethyl adjacent to an activating group) is 1. The van der Waals surface area contributed by atoms with Gasteiger partial charge in [0, 0.05) is 32.1 Å². The van der Waals surface area contributed by atoms with E-state index in [2.05, 4.69) is 20.3 Å². The summed E-state index contributed by atoms with van der Waals surface area (Å²) in [6.07, 6.45) is 2.90. The number of carbonyl (C=O) groups is 1. The van der Waals surface area contributed by atoms with Gasteiger partial charge in [0.15, 0.2) is 5.82 Å². The van der Waals surface area contributed by atoms with Crippen molar-refractivity contribution in [1.82, 2.24) is 9.97 Å². The van der Waals surface area contributed by atoms with E-state index < -0.39 is 6.04 Å². The van der Waals surface area contributed by atoms with Crippen molar-refractivity contribution in [2.24, 2.45) is 10.7 Å². The number of nitrogens with two attached hydrogens (primary N) is 1. The number of hydrogen-bond acceptors (Lipinski definition) is 6. The highest BCUT2D eigenvalue weighted by Gasteiger charge is 2.35. The third kappa shape index (κ3) is 2.32. The van der Waals surface area contributed by atoms with Gasteiger partial charge in [0.1, 0.15) is 11.7 Å². The molecule has 1 unspecified atom stereocenters. The summed E-state index contributed by atoms with van der Waals surface area (Å²) in [4.78, 5) is 26.1. The number of aryl methyl sites for hydroxylation is 1. The number of amides is 1. The summed E-state index contributed by atoms with van der Waals surface area (Å²) >= 11 is 5.88. The summed E-state index contributed by atoms with van der Waals surface area (Å²) in [7, 11) is 3.36. The number of nitrogens with zero attached hydrogens (tertiary/aromatic N) is 4. The van der Waals surface area contributed by atoms with Gasteiger partial charge in [0.2, 0.25) is 5.28 Å². The van der Waals surface area contributed by atoms with E-state index in [0.29, 0.717) is 22.8 Å². The molecule has 0 bridgehead atoms. The fraction of sp³-hybridized carbons (Fsp3) is 0.333. The van der Waals surface area contributed by atoms with Crippen molar-refractivity contribution in [3.05, 3.63) is 22.8 Å². The Labute approximate surface area is 121 Å². The minimum absolute atomic E-state index is 0.130. The Kier molecular flexibility index (Phi) is 3.89. The predicted molar refractivity (Wildman–Crippen MR) is 79.3 cm³/mol. The Morgan fingerprint density at radius 2 is 2.25 bits per heavy atom. The SMILES string of the molecule is CN=C/C(=C\N)C1C(=O)Nc2c(C)nc(Cl)nc2N1C. The molecule has 0 saturated heterocycles. The third-order valence-electron chi connectivity index (χ3n) is 3.05. The first-order valence-corrected chi connectivity index (χ1v) is 6.29. The van der Waals surface area contributed by atoms with Gasteiger partial charge in [0.05, 0.1) is 5.69 Å². The van der Waals surface area contributed by atoms with Crippen molar-refractivity contribution in [3.8, 4) is 0 Å². The lowest BCUT2D eigenvalue weighted by atomic mass is 10.0. The van der Waals surface area contributed by atoms with Crippen LogP contribution in [-0.2, 0) is 4.79 Å². The molecule has 0 saturated carbocycles. The maximum atomic E-state index is 12.3. The second-order valence-corrected chi connectivity index (χ2v) is 4.67. The number of halogens is 1. The van der Waals surface area contributed by atoms with Gasteiger partial charge in [-0.15, -0.1) is 0 Å². The van der Waals surface area contributed by atoms with E-state index in [1.165, 1.54) is 6.20 Å². The molecule has 3 N–H and O–H groups in total. The number of rotatable bonds is 2. The lowest BCUT2D eigenvalue weighted by molar-refractivity contribution is -0.116. The van der Waals surface area contributed by atoms with Crippen molar-refractivity contribution < 1.29 is 4.79 Å². The van der Waals surface area contributed by atoms with E-state index in [4.69, 9.17) is 17.3 Å². The number of carbonyl (C=O) groups excluding carboxylic acids is 1. The van der Waals surface area contributed by atoms with Crippen molar-refractivity contribution in [3.63, 3.8) is 0 Å². The van der Waals surface area contributed by atoms with Gasteiger partial charge in [-0.05, 0) is 18.5 Å². The summed E-state index contributed by atoms with van der Waals surface area (Å²) in [6, 6.07) is -0.610. The summed E-state index contributed by atoms with van der Waals surface area (Å²) in [5.74, 6) is 0.335. The van der Waals surface area contributed by atoms with Crippen LogP contribution in [0.5, 0.6) is 0 Å². The first-order chi connectivity index (χ1) is 9.49. The number of fused-ring (bicyclic) bond motifs is 1. The fourth-order valence-electron chi connectivity index (χ4n) is 2.14. The zero-order chi connectivity index (χ0) is 14.9. The van der Waals surface area contributed by atoms with Crippen LogP contribution in [0.1, 0.15) is 5.69 Å². The van der Waals surface area contributed by atoms with Crippen LogP contribution in [0.3, 0.4) is 0 Å². The molecule has 1 aliphatic rings. The lowest BCUT2D eigenvalue weighted by Crippen LogP contribution is -2.48. The molecule has 2 rings (SSSR count). The maximum absolute atomic E-state index is 12.3. The zero-order valence-corrected chi connectivity index (χ0v) is 12.1. The van der Waals surface area contributed by atoms with E-state index in [0.717, 1.165) is 0 Å². The Morgan fingerprint density at radius 1 is 1.55 bits per heavy atom. The summed E-state index contributed by atoms with van der Waals surface area (Å²) in [6.45, 7) is 1.76. The van der Waals surface area contributed by atoms with Crippen molar-refractivity contribution in [2.75, 3.05) is 24.3 Å². The number of anilines is 2. The number of hydrogen-bond donors (Lipinski definition) is 2. The van der Waals surface area contributed by atoms with Crippen LogP contribution in [0.25, 0.3) is 0 Å². The number of nitrogens with one attached hydrogen (secondary N) is 1. The highest BCUT2D eigenvalue weighted by atomic mass is 35.5. The molecule has 20 heavy (non-hydrogen) atoms. The fourth-order valence-corrected chi connectivity index (χ4v) is 2.35. The van der Waals surface area contributed by atoms with Gasteiger partial charge in [-0.1, -0.05) is 0 Å². The minimum atomic E-state index is -0.610. The van der Waals surface area contributed by atoms with Crippen molar-refractivity contribution >= 4 is 35.2 Å². The van der Waals surface area contributed by atoms with Crippen LogP contribution >= 0.6 is 11.6 Å². The second kappa shape index (κ2) is 5.46. The third-order valence-corrected chi connectivity index (χ3v) is 3.22. The zero-order valence-electron chi connectivity index (χ0n) is 11.4. The van der Waals surface area contributed by atoms with Crippen LogP contribution in [0.4, 0.5) is 11.5 Å². The van der Waals surface area contributed by atoms with E-state index in [1.807, 2.05) is 0 Å². The monoisotopic (exact) mass is 294 g/mol. The summed E-state index contributed by atoms with van der Waals surface area (Å²) in [5.41, 5.74) is 7.32. The molecule has 0 spiro atoms. The van der Waals surface area contributed by atoms with Gasteiger partial charge >= 0.3 is 0 Å². The van der Waals surface area contributed by atoms with Gasteiger partial charge in [-0.25, -0.2) is 4.98 Å². The molecule has 0 radical (unpaired) electrons. The molecule has 0 aromatic carbocycles. The largest absolute Gasteiger partial charge is 0.404 e. The Balaban J connectivity index is 2.53. The predicted octanol–water partition coefficient (Wildman–Crippen LogP) is 0.739. The molecule has 1 amide bonds. The Morgan fingerprint density at radius 3 is 2.85 bits per heavy atom. The van der Waals surface area contributed by atoms with Crippen LogP contribution in [-0.4, -0.2) is 42.2 Å². The van der Waals surface area contributed by atoms with Gasteiger partial charge < -0.3 is 16.0 Å². The molecule has 7 nitrogen and oxygen atoms in total. The summed E-state index contributed by atoms with van der Waals surface area (Å²) < 4.78 is 0. The molecule has 0 aliphatic carbocycles. The van der Waals surface area contributed by atoms with Crippen LogP contribution in [0.2, 0.25) is 5.28 Å². The van der Waals surface area contributed by atoms with Crippen molar-refractivity contribution in [1.29, 1.82) is 0 Å². The van der Waals surface area contributed by atoms with E-state index in [9.17, 15) is 4.79 Å². The van der Waals surface area contributed by atoms with Crippen LogP contribution < -0.4 is 16.0 Å². The topological polar surface area (TPSA) is 96.5 Å². The molecule has 1 aromatic rings. The molecular weight excluding hydrogens is 280 g/mol.